The van der Waals surface area contributed by atoms with E-state index in [1.807, 2.05) is 54.7 Å². The third-order valence-corrected chi connectivity index (χ3v) is 7.17. The summed E-state index contributed by atoms with van der Waals surface area (Å²) in [6.07, 6.45) is 2.83. The highest BCUT2D eigenvalue weighted by Gasteiger charge is 2.17. The molecule has 0 fully saturated rings. The van der Waals surface area contributed by atoms with Crippen molar-refractivity contribution in [2.45, 2.75) is 6.42 Å². The second-order valence-corrected chi connectivity index (χ2v) is 10.4. The minimum Gasteiger partial charge on any atom is -0.360 e. The quantitative estimate of drug-likeness (QED) is 0.136. The number of aromatic nitrogens is 2. The van der Waals surface area contributed by atoms with Crippen molar-refractivity contribution in [2.75, 3.05) is 26.2 Å². The van der Waals surface area contributed by atoms with E-state index in [1.54, 1.807) is 6.07 Å². The molecule has 0 saturated carbocycles. The number of nitrogens with zero attached hydrogens (tertiary/aromatic N) is 1. The summed E-state index contributed by atoms with van der Waals surface area (Å²) < 4.78 is 0.957. The number of carbonyl (C=O) groups excluding carboxylic acids is 1. The number of pyridine rings is 1. The third-order valence-electron chi connectivity index (χ3n) is 6.36. The van der Waals surface area contributed by atoms with Gasteiger partial charge >= 0.3 is 0 Å². The van der Waals surface area contributed by atoms with Crippen LogP contribution < -0.4 is 16.4 Å². The van der Waals surface area contributed by atoms with Gasteiger partial charge in [0, 0.05) is 57.7 Å². The van der Waals surface area contributed by atoms with E-state index in [2.05, 4.69) is 55.5 Å². The minimum atomic E-state index is -0.223. The van der Waals surface area contributed by atoms with E-state index in [0.29, 0.717) is 52.4 Å². The van der Waals surface area contributed by atoms with Crippen molar-refractivity contribution in [2.24, 2.45) is 5.73 Å². The first-order valence-corrected chi connectivity index (χ1v) is 13.8. The Balaban J connectivity index is 1.46. The van der Waals surface area contributed by atoms with Crippen molar-refractivity contribution < 1.29 is 4.79 Å². The molecule has 0 aliphatic carbocycles. The van der Waals surface area contributed by atoms with Crippen LogP contribution >= 0.6 is 27.5 Å². The van der Waals surface area contributed by atoms with E-state index < -0.39 is 0 Å². The number of rotatable bonds is 8. The maximum Gasteiger partial charge on any atom is 0.252 e. The van der Waals surface area contributed by atoms with Gasteiger partial charge in [-0.3, -0.25) is 4.79 Å². The van der Waals surface area contributed by atoms with E-state index >= 15 is 0 Å². The van der Waals surface area contributed by atoms with Crippen LogP contribution in [-0.4, -0.2) is 42.1 Å². The zero-order chi connectivity index (χ0) is 27.2. The van der Waals surface area contributed by atoms with Gasteiger partial charge in [0.1, 0.15) is 0 Å². The molecule has 5 N–H and O–H groups in total. The van der Waals surface area contributed by atoms with Gasteiger partial charge in [-0.25, -0.2) is 4.98 Å². The second-order valence-electron chi connectivity index (χ2n) is 9.06. The smallest absolute Gasteiger partial charge is 0.252 e. The molecule has 5 aromatic rings. The Morgan fingerprint density at radius 3 is 2.72 bits per heavy atom. The first-order chi connectivity index (χ1) is 19.0. The fourth-order valence-corrected chi connectivity index (χ4v) is 4.99. The molecule has 1 amide bonds. The Morgan fingerprint density at radius 1 is 1.05 bits per heavy atom. The Hall–Kier alpha value is -3.67. The van der Waals surface area contributed by atoms with Crippen LogP contribution in [0, 0.1) is 11.8 Å². The van der Waals surface area contributed by atoms with Gasteiger partial charge < -0.3 is 21.4 Å². The molecule has 39 heavy (non-hydrogen) atoms. The number of aromatic amines is 1. The second kappa shape index (κ2) is 12.5. The number of nitrogens with two attached hydrogens (primary N) is 1. The SMILES string of the molecule is NCCNC(=O)c1cc(-c2c[nH]c3ccc(Br)cc23)nc2cc(Cl)c(C#CCNCCc3ccccc3)cc12. The third kappa shape index (κ3) is 6.32. The Labute approximate surface area is 240 Å². The first kappa shape index (κ1) is 26.9. The summed E-state index contributed by atoms with van der Waals surface area (Å²) in [7, 11) is 0. The summed E-state index contributed by atoms with van der Waals surface area (Å²) in [5.41, 5.74) is 11.2. The molecular weight excluding hydrogens is 574 g/mol. The number of halogens is 2. The predicted octanol–water partition coefficient (Wildman–Crippen LogP) is 5.67. The van der Waals surface area contributed by atoms with E-state index in [9.17, 15) is 4.79 Å². The number of benzene rings is 3. The van der Waals surface area contributed by atoms with Crippen LogP contribution in [0.5, 0.6) is 0 Å². The lowest BCUT2D eigenvalue weighted by Crippen LogP contribution is -2.29. The molecule has 0 aliphatic heterocycles. The molecule has 0 radical (unpaired) electrons. The first-order valence-electron chi connectivity index (χ1n) is 12.7. The summed E-state index contributed by atoms with van der Waals surface area (Å²) in [5.74, 6) is 6.07. The average molecular weight is 601 g/mol. The summed E-state index contributed by atoms with van der Waals surface area (Å²) in [5, 5.41) is 8.39. The lowest BCUT2D eigenvalue weighted by atomic mass is 10.0. The van der Waals surface area contributed by atoms with Crippen molar-refractivity contribution in [3.63, 3.8) is 0 Å². The summed E-state index contributed by atoms with van der Waals surface area (Å²) in [6.45, 7) is 2.07. The van der Waals surface area contributed by atoms with E-state index in [-0.39, 0.29) is 5.91 Å². The van der Waals surface area contributed by atoms with Gasteiger partial charge in [0.25, 0.3) is 5.91 Å². The summed E-state index contributed by atoms with van der Waals surface area (Å²) in [6, 6.07) is 21.8. The van der Waals surface area contributed by atoms with Crippen molar-refractivity contribution in [3.05, 3.63) is 99.1 Å². The van der Waals surface area contributed by atoms with Gasteiger partial charge in [-0.05, 0) is 48.4 Å². The van der Waals surface area contributed by atoms with Gasteiger partial charge in [-0.2, -0.15) is 0 Å². The maximum absolute atomic E-state index is 13.2. The Bertz CT molecular complexity index is 1710. The number of fused-ring (bicyclic) bond motifs is 2. The molecule has 0 bridgehead atoms. The predicted molar refractivity (Wildman–Crippen MR) is 163 cm³/mol. The molecular formula is C31H27BrClN5O. The van der Waals surface area contributed by atoms with Gasteiger partial charge in [-0.15, -0.1) is 0 Å². The lowest BCUT2D eigenvalue weighted by molar-refractivity contribution is 0.0956. The molecule has 5 rings (SSSR count). The molecule has 6 nitrogen and oxygen atoms in total. The van der Waals surface area contributed by atoms with E-state index in [0.717, 1.165) is 33.9 Å². The molecule has 2 heterocycles. The van der Waals surface area contributed by atoms with Crippen LogP contribution in [0.1, 0.15) is 21.5 Å². The van der Waals surface area contributed by atoms with Crippen LogP contribution in [0.15, 0.2) is 77.4 Å². The van der Waals surface area contributed by atoms with Gasteiger partial charge in [0.15, 0.2) is 0 Å². The summed E-state index contributed by atoms with van der Waals surface area (Å²) >= 11 is 10.2. The molecule has 2 aromatic heterocycles. The highest BCUT2D eigenvalue weighted by molar-refractivity contribution is 9.10. The molecule has 0 spiro atoms. The maximum atomic E-state index is 13.2. The average Bonchev–Trinajstić information content (AvgIpc) is 3.36. The van der Waals surface area contributed by atoms with Crippen molar-refractivity contribution >= 4 is 55.2 Å². The monoisotopic (exact) mass is 599 g/mol. The van der Waals surface area contributed by atoms with Crippen LogP contribution in [0.2, 0.25) is 5.02 Å². The zero-order valence-electron chi connectivity index (χ0n) is 21.2. The highest BCUT2D eigenvalue weighted by Crippen LogP contribution is 2.33. The number of H-pyrrole nitrogens is 1. The fourth-order valence-electron chi connectivity index (χ4n) is 4.42. The number of hydrogen-bond donors (Lipinski definition) is 4. The highest BCUT2D eigenvalue weighted by atomic mass is 79.9. The standard InChI is InChI=1S/C31H27BrClN5O/c32-22-8-9-28-24(16-22)26(19-37-28)29-17-25(31(39)36-14-11-34)23-15-21(27(33)18-30(23)38-29)7-4-12-35-13-10-20-5-2-1-3-6-20/h1-3,5-6,8-9,15-19,35,37H,10-14,34H2,(H,36,39). The molecule has 0 atom stereocenters. The normalized spacial score (nSPS) is 10.9. The molecule has 196 valence electrons. The zero-order valence-corrected chi connectivity index (χ0v) is 23.5. The van der Waals surface area contributed by atoms with Crippen LogP contribution in [0.25, 0.3) is 33.1 Å². The molecule has 0 unspecified atom stereocenters. The van der Waals surface area contributed by atoms with Crippen LogP contribution in [0.3, 0.4) is 0 Å². The number of hydrogen-bond acceptors (Lipinski definition) is 4. The lowest BCUT2D eigenvalue weighted by Gasteiger charge is -2.11. The van der Waals surface area contributed by atoms with Crippen LogP contribution in [0.4, 0.5) is 0 Å². The topological polar surface area (TPSA) is 95.8 Å². The molecule has 0 saturated heterocycles. The Morgan fingerprint density at radius 2 is 1.90 bits per heavy atom. The fraction of sp³-hybridized carbons (Fsp3) is 0.161. The Kier molecular flexibility index (Phi) is 8.60. The van der Waals surface area contributed by atoms with E-state index in [4.69, 9.17) is 22.3 Å². The van der Waals surface area contributed by atoms with Gasteiger partial charge in [0.2, 0.25) is 0 Å². The summed E-state index contributed by atoms with van der Waals surface area (Å²) in [4.78, 5) is 21.4. The van der Waals surface area contributed by atoms with Gasteiger partial charge in [0.05, 0.1) is 28.3 Å². The number of amides is 1. The molecule has 0 aliphatic rings. The molecule has 8 heteroatoms. The van der Waals surface area contributed by atoms with Crippen molar-refractivity contribution in [1.82, 2.24) is 20.6 Å². The minimum absolute atomic E-state index is 0.223. The van der Waals surface area contributed by atoms with E-state index in [1.165, 1.54) is 5.56 Å². The van der Waals surface area contributed by atoms with Crippen LogP contribution in [-0.2, 0) is 6.42 Å². The van der Waals surface area contributed by atoms with Crippen molar-refractivity contribution in [1.29, 1.82) is 0 Å². The van der Waals surface area contributed by atoms with Crippen molar-refractivity contribution in [3.8, 4) is 23.1 Å². The largest absolute Gasteiger partial charge is 0.360 e. The van der Waals surface area contributed by atoms with Gasteiger partial charge in [-0.1, -0.05) is 69.7 Å². The molecule has 3 aromatic carbocycles. The number of nitrogens with one attached hydrogen (secondary N) is 3. The number of carbonyl (C=O) groups is 1.